The van der Waals surface area contributed by atoms with Crippen LogP contribution < -0.4 is 15.4 Å². The van der Waals surface area contributed by atoms with Gasteiger partial charge in [-0.15, -0.1) is 0 Å². The Hall–Kier alpha value is -2.89. The normalized spacial score (nSPS) is 11.5. The number of pyridine rings is 1. The Balaban J connectivity index is 1.98. The zero-order chi connectivity index (χ0) is 18.2. The molecule has 1 heterocycles. The first-order valence-corrected chi connectivity index (χ1v) is 8.17. The summed E-state index contributed by atoms with van der Waals surface area (Å²) >= 11 is 0. The van der Waals surface area contributed by atoms with Gasteiger partial charge < -0.3 is 15.4 Å². The highest BCUT2D eigenvalue weighted by molar-refractivity contribution is 5.78. The number of carbonyl (C=O) groups is 2. The van der Waals surface area contributed by atoms with E-state index in [0.717, 1.165) is 16.9 Å². The Labute approximate surface area is 147 Å². The summed E-state index contributed by atoms with van der Waals surface area (Å²) in [5.74, 6) is 0.897. The van der Waals surface area contributed by atoms with E-state index < -0.39 is 0 Å². The van der Waals surface area contributed by atoms with Crippen LogP contribution in [0, 0.1) is 6.92 Å². The van der Waals surface area contributed by atoms with Crippen LogP contribution >= 0.6 is 0 Å². The summed E-state index contributed by atoms with van der Waals surface area (Å²) in [5.41, 5.74) is 1.79. The van der Waals surface area contributed by atoms with Crippen molar-refractivity contribution in [1.82, 2.24) is 15.6 Å². The first kappa shape index (κ1) is 18.4. The summed E-state index contributed by atoms with van der Waals surface area (Å²) in [6, 6.07) is 11.1. The molecule has 0 saturated heterocycles. The van der Waals surface area contributed by atoms with E-state index in [0.29, 0.717) is 12.4 Å². The number of aryl methyl sites for hydroxylation is 1. The topological polar surface area (TPSA) is 80.3 Å². The number of carbonyl (C=O) groups excluding carboxylic acids is 2. The van der Waals surface area contributed by atoms with Crippen LogP contribution in [0.1, 0.15) is 31.4 Å². The fourth-order valence-electron chi connectivity index (χ4n) is 2.37. The van der Waals surface area contributed by atoms with Gasteiger partial charge in [-0.05, 0) is 31.5 Å². The van der Waals surface area contributed by atoms with Crippen LogP contribution in [0.5, 0.6) is 11.6 Å². The minimum Gasteiger partial charge on any atom is -0.438 e. The Morgan fingerprint density at radius 2 is 1.96 bits per heavy atom. The molecular weight excluding hydrogens is 318 g/mol. The highest BCUT2D eigenvalue weighted by atomic mass is 16.5. The summed E-state index contributed by atoms with van der Waals surface area (Å²) in [5, 5.41) is 5.52. The van der Waals surface area contributed by atoms with Gasteiger partial charge in [0, 0.05) is 37.7 Å². The van der Waals surface area contributed by atoms with E-state index in [1.807, 2.05) is 37.3 Å². The monoisotopic (exact) mass is 341 g/mol. The molecule has 6 nitrogen and oxygen atoms in total. The third-order valence-corrected chi connectivity index (χ3v) is 3.57. The van der Waals surface area contributed by atoms with Crippen molar-refractivity contribution in [2.24, 2.45) is 0 Å². The minimum atomic E-state index is -0.214. The highest BCUT2D eigenvalue weighted by Gasteiger charge is 2.12. The molecule has 2 N–H and O–H groups in total. The van der Waals surface area contributed by atoms with Gasteiger partial charge in [0.2, 0.25) is 17.7 Å². The molecule has 2 amide bonds. The van der Waals surface area contributed by atoms with Gasteiger partial charge in [0.05, 0.1) is 0 Å². The number of hydrogen-bond donors (Lipinski definition) is 2. The van der Waals surface area contributed by atoms with E-state index >= 15 is 0 Å². The lowest BCUT2D eigenvalue weighted by Crippen LogP contribution is -2.35. The number of para-hydroxylation sites is 1. The maximum absolute atomic E-state index is 12.0. The number of benzene rings is 1. The zero-order valence-electron chi connectivity index (χ0n) is 14.7. The lowest BCUT2D eigenvalue weighted by Gasteiger charge is -2.14. The summed E-state index contributed by atoms with van der Waals surface area (Å²) in [4.78, 5) is 27.3. The Bertz CT molecular complexity index is 746. The second-order valence-corrected chi connectivity index (χ2v) is 5.92. The van der Waals surface area contributed by atoms with Gasteiger partial charge in [0.1, 0.15) is 5.75 Å². The molecule has 0 unspecified atom stereocenters. The zero-order valence-corrected chi connectivity index (χ0v) is 14.7. The molecular formula is C19H23N3O3. The van der Waals surface area contributed by atoms with Crippen molar-refractivity contribution >= 4 is 11.8 Å². The molecule has 6 heteroatoms. The van der Waals surface area contributed by atoms with E-state index in [9.17, 15) is 9.59 Å². The smallest absolute Gasteiger partial charge is 0.224 e. The lowest BCUT2D eigenvalue weighted by molar-refractivity contribution is -0.122. The van der Waals surface area contributed by atoms with Gasteiger partial charge >= 0.3 is 0 Å². The molecule has 0 spiro atoms. The van der Waals surface area contributed by atoms with Gasteiger partial charge in [-0.1, -0.05) is 24.3 Å². The largest absolute Gasteiger partial charge is 0.438 e. The van der Waals surface area contributed by atoms with Crippen molar-refractivity contribution in [3.8, 4) is 11.6 Å². The summed E-state index contributed by atoms with van der Waals surface area (Å²) < 4.78 is 5.89. The number of ether oxygens (including phenoxy) is 1. The number of amides is 2. The molecule has 1 atom stereocenters. The minimum absolute atomic E-state index is 0.146. The van der Waals surface area contributed by atoms with Crippen LogP contribution in [0.4, 0.5) is 0 Å². The first-order chi connectivity index (χ1) is 12.0. The van der Waals surface area contributed by atoms with Crippen molar-refractivity contribution in [2.45, 2.75) is 39.8 Å². The van der Waals surface area contributed by atoms with Crippen LogP contribution in [-0.2, 0) is 16.1 Å². The van der Waals surface area contributed by atoms with Crippen LogP contribution in [-0.4, -0.2) is 22.8 Å². The molecule has 0 saturated carbocycles. The molecule has 2 aromatic rings. The molecule has 0 radical (unpaired) electrons. The van der Waals surface area contributed by atoms with Crippen LogP contribution in [0.25, 0.3) is 0 Å². The Kier molecular flexibility index (Phi) is 6.51. The highest BCUT2D eigenvalue weighted by Crippen LogP contribution is 2.25. The Morgan fingerprint density at radius 3 is 2.68 bits per heavy atom. The summed E-state index contributed by atoms with van der Waals surface area (Å²) in [7, 11) is 0. The van der Waals surface area contributed by atoms with Crippen molar-refractivity contribution in [2.75, 3.05) is 0 Å². The predicted octanol–water partition coefficient (Wildman–Crippen LogP) is 2.71. The number of hydrogen-bond acceptors (Lipinski definition) is 4. The van der Waals surface area contributed by atoms with Gasteiger partial charge in [-0.25, -0.2) is 4.98 Å². The standard InChI is InChI=1S/C19H23N3O3/c1-13-7-4-5-9-17(13)25-19-16(8-6-10-20-19)12-21-18(24)11-14(2)22-15(3)23/h4-10,14H,11-12H2,1-3H3,(H,21,24)(H,22,23)/t14-/m0/s1. The quantitative estimate of drug-likeness (QED) is 0.811. The second kappa shape index (κ2) is 8.82. The van der Waals surface area contributed by atoms with Crippen molar-refractivity contribution < 1.29 is 14.3 Å². The molecule has 0 aliphatic heterocycles. The number of aromatic nitrogens is 1. The average molecular weight is 341 g/mol. The molecule has 0 aliphatic carbocycles. The molecule has 0 fully saturated rings. The maximum atomic E-state index is 12.0. The van der Waals surface area contributed by atoms with E-state index in [1.165, 1.54) is 6.92 Å². The van der Waals surface area contributed by atoms with Crippen LogP contribution in [0.2, 0.25) is 0 Å². The van der Waals surface area contributed by atoms with Gasteiger partial charge in [0.25, 0.3) is 0 Å². The molecule has 1 aromatic heterocycles. The Morgan fingerprint density at radius 1 is 1.20 bits per heavy atom. The van der Waals surface area contributed by atoms with E-state index in [1.54, 1.807) is 19.2 Å². The van der Waals surface area contributed by atoms with Crippen molar-refractivity contribution in [3.05, 3.63) is 53.7 Å². The van der Waals surface area contributed by atoms with E-state index in [2.05, 4.69) is 15.6 Å². The molecule has 0 bridgehead atoms. The molecule has 1 aromatic carbocycles. The fraction of sp³-hybridized carbons (Fsp3) is 0.316. The molecule has 25 heavy (non-hydrogen) atoms. The fourth-order valence-corrected chi connectivity index (χ4v) is 2.37. The average Bonchev–Trinajstić information content (AvgIpc) is 2.55. The van der Waals surface area contributed by atoms with Gasteiger partial charge in [-0.2, -0.15) is 0 Å². The second-order valence-electron chi connectivity index (χ2n) is 5.92. The van der Waals surface area contributed by atoms with Gasteiger partial charge in [-0.3, -0.25) is 9.59 Å². The maximum Gasteiger partial charge on any atom is 0.224 e. The first-order valence-electron chi connectivity index (χ1n) is 8.17. The predicted molar refractivity (Wildman–Crippen MR) is 95.2 cm³/mol. The molecule has 132 valence electrons. The molecule has 0 aliphatic rings. The SMILES string of the molecule is CC(=O)N[C@@H](C)CC(=O)NCc1cccnc1Oc1ccccc1C. The lowest BCUT2D eigenvalue weighted by atomic mass is 10.2. The van der Waals surface area contributed by atoms with E-state index in [-0.39, 0.29) is 24.3 Å². The number of nitrogens with zero attached hydrogens (tertiary/aromatic N) is 1. The number of nitrogens with one attached hydrogen (secondary N) is 2. The molecule has 2 rings (SSSR count). The van der Waals surface area contributed by atoms with E-state index in [4.69, 9.17) is 4.74 Å². The van der Waals surface area contributed by atoms with Gasteiger partial charge in [0.15, 0.2) is 0 Å². The van der Waals surface area contributed by atoms with Crippen molar-refractivity contribution in [1.29, 1.82) is 0 Å². The summed E-state index contributed by atoms with van der Waals surface area (Å²) in [6.45, 7) is 5.49. The number of rotatable bonds is 7. The third-order valence-electron chi connectivity index (χ3n) is 3.57. The van der Waals surface area contributed by atoms with Crippen molar-refractivity contribution in [3.63, 3.8) is 0 Å². The summed E-state index contributed by atoms with van der Waals surface area (Å²) in [6.07, 6.45) is 1.87. The third kappa shape index (κ3) is 5.91. The van der Waals surface area contributed by atoms with Crippen LogP contribution in [0.3, 0.4) is 0 Å². The van der Waals surface area contributed by atoms with Crippen LogP contribution in [0.15, 0.2) is 42.6 Å².